The van der Waals surface area contributed by atoms with Gasteiger partial charge in [0.15, 0.2) is 4.90 Å². The Morgan fingerprint density at radius 2 is 1.00 bits per heavy atom. The molecule has 1 heterocycles. The summed E-state index contributed by atoms with van der Waals surface area (Å²) in [5, 5.41) is 0. The highest BCUT2D eigenvalue weighted by Crippen LogP contribution is 2.35. The van der Waals surface area contributed by atoms with Crippen LogP contribution in [0.5, 0.6) is 0 Å². The van der Waals surface area contributed by atoms with Gasteiger partial charge in [0.05, 0.1) is 0 Å². The fraction of sp³-hybridized carbons (Fsp3) is 0.217. The summed E-state index contributed by atoms with van der Waals surface area (Å²) >= 11 is 0. The molecular formula is C23H24NS+. The average Bonchev–Trinajstić information content (AvgIpc) is 2.71. The predicted molar refractivity (Wildman–Crippen MR) is 110 cm³/mol. The van der Waals surface area contributed by atoms with E-state index in [1.807, 2.05) is 0 Å². The Morgan fingerprint density at radius 3 is 1.52 bits per heavy atom. The molecule has 3 aromatic rings. The number of hydrogen-bond acceptors (Lipinski definition) is 1. The molecule has 3 aromatic carbocycles. The van der Waals surface area contributed by atoms with Gasteiger partial charge in [-0.15, -0.1) is 0 Å². The van der Waals surface area contributed by atoms with Crippen LogP contribution in [0.15, 0.2) is 89.8 Å². The second-order valence-electron chi connectivity index (χ2n) is 6.46. The molecule has 0 spiro atoms. The molecule has 1 fully saturated rings. The minimum Gasteiger partial charge on any atom is -0.311 e. The first kappa shape index (κ1) is 16.3. The van der Waals surface area contributed by atoms with E-state index in [2.05, 4.69) is 89.8 Å². The molecule has 0 atom stereocenters. The normalized spacial score (nSPS) is 15.0. The van der Waals surface area contributed by atoms with Crippen LogP contribution < -0.4 is 4.90 Å². The molecule has 0 bridgehead atoms. The van der Waals surface area contributed by atoms with Crippen LogP contribution in [0, 0.1) is 0 Å². The molecule has 0 radical (unpaired) electrons. The van der Waals surface area contributed by atoms with Crippen molar-refractivity contribution in [3.05, 3.63) is 84.9 Å². The maximum absolute atomic E-state index is 2.35. The lowest BCUT2D eigenvalue weighted by Gasteiger charge is -2.25. The maximum Gasteiger partial charge on any atom is 0.155 e. The van der Waals surface area contributed by atoms with E-state index in [9.17, 15) is 0 Å². The van der Waals surface area contributed by atoms with Gasteiger partial charge in [-0.2, -0.15) is 0 Å². The Labute approximate surface area is 153 Å². The Hall–Kier alpha value is -2.19. The van der Waals surface area contributed by atoms with E-state index in [-0.39, 0.29) is 0 Å². The highest BCUT2D eigenvalue weighted by molar-refractivity contribution is 7.96. The van der Waals surface area contributed by atoms with Crippen molar-refractivity contribution in [1.29, 1.82) is 0 Å². The standard InChI is InChI=1S/C23H24NS/c1-4-10-20(11-5-1)24(21-12-6-2-7-13-21)22-14-16-23(17-15-22)25-18-8-3-9-19-25/h1-2,4-7,10-17H,3,8-9,18-19H2/q+1. The number of benzene rings is 3. The molecule has 1 nitrogen and oxygen atoms in total. The molecule has 1 saturated heterocycles. The summed E-state index contributed by atoms with van der Waals surface area (Å²) in [4.78, 5) is 3.86. The van der Waals surface area contributed by atoms with Crippen LogP contribution in [-0.2, 0) is 10.9 Å². The van der Waals surface area contributed by atoms with Crippen LogP contribution in [0.1, 0.15) is 19.3 Å². The van der Waals surface area contributed by atoms with E-state index in [1.54, 1.807) is 0 Å². The van der Waals surface area contributed by atoms with E-state index in [0.29, 0.717) is 10.9 Å². The lowest BCUT2D eigenvalue weighted by molar-refractivity contribution is 0.756. The third-order valence-corrected chi connectivity index (χ3v) is 7.24. The molecule has 1 aliphatic rings. The summed E-state index contributed by atoms with van der Waals surface area (Å²) in [6.07, 6.45) is 4.20. The first-order chi connectivity index (χ1) is 12.4. The van der Waals surface area contributed by atoms with Crippen molar-refractivity contribution >= 4 is 28.0 Å². The van der Waals surface area contributed by atoms with Crippen molar-refractivity contribution in [3.8, 4) is 0 Å². The molecule has 0 aliphatic carbocycles. The molecule has 0 aromatic heterocycles. The van der Waals surface area contributed by atoms with E-state index < -0.39 is 0 Å². The van der Waals surface area contributed by atoms with Crippen molar-refractivity contribution in [2.24, 2.45) is 0 Å². The zero-order valence-electron chi connectivity index (χ0n) is 14.5. The molecule has 0 amide bonds. The number of nitrogens with zero attached hydrogens (tertiary/aromatic N) is 1. The van der Waals surface area contributed by atoms with E-state index in [4.69, 9.17) is 0 Å². The second kappa shape index (κ2) is 7.79. The largest absolute Gasteiger partial charge is 0.311 e. The van der Waals surface area contributed by atoms with Crippen LogP contribution in [-0.4, -0.2) is 11.5 Å². The summed E-state index contributed by atoms with van der Waals surface area (Å²) < 4.78 is 0. The van der Waals surface area contributed by atoms with Gasteiger partial charge < -0.3 is 4.90 Å². The first-order valence-electron chi connectivity index (χ1n) is 9.10. The van der Waals surface area contributed by atoms with Crippen molar-refractivity contribution < 1.29 is 0 Å². The lowest BCUT2D eigenvalue weighted by atomic mass is 10.2. The summed E-state index contributed by atoms with van der Waals surface area (Å²) in [5.74, 6) is 2.75. The quantitative estimate of drug-likeness (QED) is 0.500. The third kappa shape index (κ3) is 3.74. The van der Waals surface area contributed by atoms with Crippen LogP contribution >= 0.6 is 0 Å². The van der Waals surface area contributed by atoms with Crippen LogP contribution in [0.25, 0.3) is 0 Å². The summed E-state index contributed by atoms with van der Waals surface area (Å²) in [5.41, 5.74) is 3.62. The first-order valence-corrected chi connectivity index (χ1v) is 10.7. The maximum atomic E-state index is 2.35. The zero-order chi connectivity index (χ0) is 16.9. The van der Waals surface area contributed by atoms with Gasteiger partial charge in [0.1, 0.15) is 11.5 Å². The van der Waals surface area contributed by atoms with Crippen molar-refractivity contribution in [2.75, 3.05) is 16.4 Å². The molecule has 0 saturated carbocycles. The molecule has 0 unspecified atom stereocenters. The Balaban J connectivity index is 1.68. The van der Waals surface area contributed by atoms with Crippen LogP contribution in [0.2, 0.25) is 0 Å². The summed E-state index contributed by atoms with van der Waals surface area (Å²) in [7, 11) is 0.463. The van der Waals surface area contributed by atoms with Gasteiger partial charge in [-0.05, 0) is 67.8 Å². The fourth-order valence-corrected chi connectivity index (χ4v) is 5.76. The van der Waals surface area contributed by atoms with Gasteiger partial charge in [-0.3, -0.25) is 0 Å². The summed E-state index contributed by atoms with van der Waals surface area (Å²) in [6.45, 7) is 0. The predicted octanol–water partition coefficient (Wildman–Crippen LogP) is 6.32. The topological polar surface area (TPSA) is 3.24 Å². The Bertz CT molecular complexity index is 738. The Kier molecular flexibility index (Phi) is 5.08. The van der Waals surface area contributed by atoms with E-state index >= 15 is 0 Å². The van der Waals surface area contributed by atoms with Gasteiger partial charge >= 0.3 is 0 Å². The minimum absolute atomic E-state index is 0.463. The number of anilines is 3. The van der Waals surface area contributed by atoms with Crippen LogP contribution in [0.3, 0.4) is 0 Å². The zero-order valence-corrected chi connectivity index (χ0v) is 15.3. The lowest BCUT2D eigenvalue weighted by Crippen LogP contribution is -2.17. The van der Waals surface area contributed by atoms with Crippen molar-refractivity contribution in [1.82, 2.24) is 0 Å². The molecule has 126 valence electrons. The van der Waals surface area contributed by atoms with E-state index in [1.165, 1.54) is 52.7 Å². The molecule has 0 N–H and O–H groups in total. The summed E-state index contributed by atoms with van der Waals surface area (Å²) in [6, 6.07) is 30.5. The van der Waals surface area contributed by atoms with Gasteiger partial charge in [0.25, 0.3) is 0 Å². The van der Waals surface area contributed by atoms with Gasteiger partial charge in [0.2, 0.25) is 0 Å². The molecule has 4 rings (SSSR count). The molecule has 2 heteroatoms. The number of para-hydroxylation sites is 2. The number of hydrogen-bond donors (Lipinski definition) is 0. The van der Waals surface area contributed by atoms with Gasteiger partial charge in [-0.25, -0.2) is 0 Å². The average molecular weight is 347 g/mol. The fourth-order valence-electron chi connectivity index (χ4n) is 3.46. The monoisotopic (exact) mass is 346 g/mol. The minimum atomic E-state index is 0.463. The van der Waals surface area contributed by atoms with Gasteiger partial charge in [0, 0.05) is 28.0 Å². The van der Waals surface area contributed by atoms with Crippen molar-refractivity contribution in [2.45, 2.75) is 24.2 Å². The SMILES string of the molecule is c1ccc(N(c2ccccc2)c2ccc([S+]3CCCCC3)cc2)cc1. The Morgan fingerprint density at radius 1 is 0.520 bits per heavy atom. The highest BCUT2D eigenvalue weighted by atomic mass is 32.2. The number of rotatable bonds is 4. The molecule has 1 aliphatic heterocycles. The highest BCUT2D eigenvalue weighted by Gasteiger charge is 2.24. The van der Waals surface area contributed by atoms with E-state index in [0.717, 1.165) is 0 Å². The third-order valence-electron chi connectivity index (χ3n) is 4.74. The van der Waals surface area contributed by atoms with Crippen LogP contribution in [0.4, 0.5) is 17.1 Å². The second-order valence-corrected chi connectivity index (χ2v) is 8.74. The molecule has 25 heavy (non-hydrogen) atoms. The smallest absolute Gasteiger partial charge is 0.155 e. The van der Waals surface area contributed by atoms with Gasteiger partial charge in [-0.1, -0.05) is 36.4 Å². The van der Waals surface area contributed by atoms with Crippen molar-refractivity contribution in [3.63, 3.8) is 0 Å². The molecular weight excluding hydrogens is 322 g/mol.